The van der Waals surface area contributed by atoms with E-state index < -0.39 is 5.95 Å². The van der Waals surface area contributed by atoms with Crippen LogP contribution < -0.4 is 5.32 Å². The van der Waals surface area contributed by atoms with E-state index in [-0.39, 0.29) is 0 Å². The van der Waals surface area contributed by atoms with Crippen LogP contribution >= 0.6 is 0 Å². The van der Waals surface area contributed by atoms with Crippen LogP contribution in [0.2, 0.25) is 0 Å². The molecule has 0 aliphatic heterocycles. The maximum atomic E-state index is 12.3. The molecular formula is C9H13FN2. The molecule has 0 fully saturated rings. The molecule has 0 bridgehead atoms. The minimum Gasteiger partial charge on any atom is -0.384 e. The molecule has 1 heterocycles. The first kappa shape index (κ1) is 8.97. The fraction of sp³-hybridized carbons (Fsp3) is 0.444. The van der Waals surface area contributed by atoms with E-state index >= 15 is 0 Å². The molecule has 0 spiro atoms. The molecule has 0 saturated heterocycles. The summed E-state index contributed by atoms with van der Waals surface area (Å²) in [6.07, 6.45) is 3.78. The van der Waals surface area contributed by atoms with E-state index in [1.807, 2.05) is 0 Å². The molecule has 1 N–H and O–H groups in total. The highest BCUT2D eigenvalue weighted by Crippen LogP contribution is 2.04. The number of unbranched alkanes of at least 4 members (excludes halogenated alkanes) is 1. The predicted octanol–water partition coefficient (Wildman–Crippen LogP) is 2.43. The monoisotopic (exact) mass is 168 g/mol. The van der Waals surface area contributed by atoms with Gasteiger partial charge in [0.15, 0.2) is 0 Å². The molecule has 0 saturated carbocycles. The van der Waals surface area contributed by atoms with Crippen LogP contribution in [-0.2, 0) is 0 Å². The van der Waals surface area contributed by atoms with Gasteiger partial charge in [0.25, 0.3) is 0 Å². The third-order valence-electron chi connectivity index (χ3n) is 1.59. The van der Waals surface area contributed by atoms with Gasteiger partial charge in [-0.1, -0.05) is 13.3 Å². The lowest BCUT2D eigenvalue weighted by atomic mass is 10.3. The second-order valence-corrected chi connectivity index (χ2v) is 2.65. The van der Waals surface area contributed by atoms with Crippen molar-refractivity contribution >= 4 is 5.69 Å². The summed E-state index contributed by atoms with van der Waals surface area (Å²) in [6.45, 7) is 3.05. The average molecular weight is 168 g/mol. The molecule has 0 aliphatic rings. The van der Waals surface area contributed by atoms with Crippen LogP contribution in [0.4, 0.5) is 10.1 Å². The Morgan fingerprint density at radius 1 is 1.50 bits per heavy atom. The maximum Gasteiger partial charge on any atom is 0.212 e. The van der Waals surface area contributed by atoms with Gasteiger partial charge in [-0.05, 0) is 18.6 Å². The van der Waals surface area contributed by atoms with E-state index in [1.54, 1.807) is 6.07 Å². The van der Waals surface area contributed by atoms with Crippen LogP contribution in [0, 0.1) is 5.95 Å². The molecule has 2 nitrogen and oxygen atoms in total. The number of anilines is 1. The molecule has 0 aromatic carbocycles. The molecule has 3 heteroatoms. The highest BCUT2D eigenvalue weighted by atomic mass is 19.1. The maximum absolute atomic E-state index is 12.3. The Kier molecular flexibility index (Phi) is 3.51. The third kappa shape index (κ3) is 2.86. The van der Waals surface area contributed by atoms with Gasteiger partial charge in [0.05, 0.1) is 11.9 Å². The Morgan fingerprint density at radius 2 is 2.33 bits per heavy atom. The first-order valence-electron chi connectivity index (χ1n) is 4.18. The van der Waals surface area contributed by atoms with Crippen molar-refractivity contribution in [3.05, 3.63) is 24.3 Å². The number of hydrogen-bond acceptors (Lipinski definition) is 2. The smallest absolute Gasteiger partial charge is 0.212 e. The van der Waals surface area contributed by atoms with Gasteiger partial charge in [0, 0.05) is 6.54 Å². The highest BCUT2D eigenvalue weighted by molar-refractivity contribution is 5.39. The van der Waals surface area contributed by atoms with Crippen molar-refractivity contribution in [3.63, 3.8) is 0 Å². The van der Waals surface area contributed by atoms with Gasteiger partial charge in [0.1, 0.15) is 0 Å². The third-order valence-corrected chi connectivity index (χ3v) is 1.59. The zero-order valence-corrected chi connectivity index (χ0v) is 7.18. The number of nitrogens with one attached hydrogen (secondary N) is 1. The van der Waals surface area contributed by atoms with Gasteiger partial charge in [-0.2, -0.15) is 4.39 Å². The molecular weight excluding hydrogens is 155 g/mol. The second kappa shape index (κ2) is 4.70. The number of hydrogen-bond donors (Lipinski definition) is 1. The van der Waals surface area contributed by atoms with E-state index in [2.05, 4.69) is 17.2 Å². The SMILES string of the molecule is CCCCNc1ccc(F)nc1. The van der Waals surface area contributed by atoms with Gasteiger partial charge in [-0.25, -0.2) is 4.98 Å². The fourth-order valence-corrected chi connectivity index (χ4v) is 0.890. The summed E-state index contributed by atoms with van der Waals surface area (Å²) in [7, 11) is 0. The van der Waals surface area contributed by atoms with Gasteiger partial charge in [0.2, 0.25) is 5.95 Å². The van der Waals surface area contributed by atoms with Crippen LogP contribution in [-0.4, -0.2) is 11.5 Å². The molecule has 0 amide bonds. The molecule has 12 heavy (non-hydrogen) atoms. The van der Waals surface area contributed by atoms with Gasteiger partial charge in [-0.15, -0.1) is 0 Å². The molecule has 0 aliphatic carbocycles. The highest BCUT2D eigenvalue weighted by Gasteiger charge is 1.92. The van der Waals surface area contributed by atoms with Crippen LogP contribution in [0.5, 0.6) is 0 Å². The van der Waals surface area contributed by atoms with Crippen molar-refractivity contribution in [2.75, 3.05) is 11.9 Å². The van der Waals surface area contributed by atoms with E-state index in [0.29, 0.717) is 0 Å². The lowest BCUT2D eigenvalue weighted by Crippen LogP contribution is -2.01. The first-order valence-corrected chi connectivity index (χ1v) is 4.18. The normalized spacial score (nSPS) is 9.83. The Balaban J connectivity index is 2.37. The summed E-state index contributed by atoms with van der Waals surface area (Å²) in [5, 5.41) is 3.14. The van der Waals surface area contributed by atoms with Crippen molar-refractivity contribution < 1.29 is 4.39 Å². The number of rotatable bonds is 4. The minimum atomic E-state index is -0.434. The van der Waals surface area contributed by atoms with Crippen molar-refractivity contribution in [3.8, 4) is 0 Å². The summed E-state index contributed by atoms with van der Waals surface area (Å²) in [5.74, 6) is -0.434. The van der Waals surface area contributed by atoms with Gasteiger partial charge in [-0.3, -0.25) is 0 Å². The standard InChI is InChI=1S/C9H13FN2/c1-2-3-6-11-8-4-5-9(10)12-7-8/h4-5,7,11H,2-3,6H2,1H3. The lowest BCUT2D eigenvalue weighted by Gasteiger charge is -2.03. The zero-order chi connectivity index (χ0) is 8.81. The largest absolute Gasteiger partial charge is 0.384 e. The Bertz CT molecular complexity index is 220. The van der Waals surface area contributed by atoms with Crippen molar-refractivity contribution in [2.45, 2.75) is 19.8 Å². The van der Waals surface area contributed by atoms with Crippen LogP contribution in [0.3, 0.4) is 0 Å². The summed E-state index contributed by atoms with van der Waals surface area (Å²) >= 11 is 0. The Labute approximate surface area is 71.8 Å². The molecule has 1 rings (SSSR count). The first-order chi connectivity index (χ1) is 5.83. The van der Waals surface area contributed by atoms with Crippen molar-refractivity contribution in [2.24, 2.45) is 0 Å². The number of nitrogens with zero attached hydrogens (tertiary/aromatic N) is 1. The zero-order valence-electron chi connectivity index (χ0n) is 7.18. The quantitative estimate of drug-likeness (QED) is 0.551. The summed E-state index contributed by atoms with van der Waals surface area (Å²) in [6, 6.07) is 3.05. The van der Waals surface area contributed by atoms with Crippen molar-refractivity contribution in [1.29, 1.82) is 0 Å². The molecule has 1 aromatic rings. The minimum absolute atomic E-state index is 0.434. The molecule has 1 aromatic heterocycles. The summed E-state index contributed by atoms with van der Waals surface area (Å²) < 4.78 is 12.3. The molecule has 0 unspecified atom stereocenters. The van der Waals surface area contributed by atoms with Crippen LogP contribution in [0.1, 0.15) is 19.8 Å². The fourth-order valence-electron chi connectivity index (χ4n) is 0.890. The number of aromatic nitrogens is 1. The van der Waals surface area contributed by atoms with Gasteiger partial charge < -0.3 is 5.32 Å². The van der Waals surface area contributed by atoms with Crippen molar-refractivity contribution in [1.82, 2.24) is 4.98 Å². The number of halogens is 1. The Morgan fingerprint density at radius 3 is 2.92 bits per heavy atom. The topological polar surface area (TPSA) is 24.9 Å². The van der Waals surface area contributed by atoms with Crippen LogP contribution in [0.15, 0.2) is 18.3 Å². The molecule has 66 valence electrons. The number of pyridine rings is 1. The molecule has 0 radical (unpaired) electrons. The van der Waals surface area contributed by atoms with Gasteiger partial charge >= 0.3 is 0 Å². The van der Waals surface area contributed by atoms with E-state index in [0.717, 1.165) is 25.1 Å². The van der Waals surface area contributed by atoms with E-state index in [9.17, 15) is 4.39 Å². The Hall–Kier alpha value is -1.12. The summed E-state index contributed by atoms with van der Waals surface area (Å²) in [5.41, 5.74) is 0.879. The molecule has 0 atom stereocenters. The predicted molar refractivity (Wildman–Crippen MR) is 47.6 cm³/mol. The lowest BCUT2D eigenvalue weighted by molar-refractivity contribution is 0.584. The van der Waals surface area contributed by atoms with Crippen LogP contribution in [0.25, 0.3) is 0 Å². The second-order valence-electron chi connectivity index (χ2n) is 2.65. The summed E-state index contributed by atoms with van der Waals surface area (Å²) in [4.78, 5) is 3.53. The van der Waals surface area contributed by atoms with E-state index in [4.69, 9.17) is 0 Å². The van der Waals surface area contributed by atoms with E-state index in [1.165, 1.54) is 12.3 Å². The average Bonchev–Trinajstić information content (AvgIpc) is 2.09.